The molecule has 3 aliphatic rings. The Hall–Kier alpha value is -2.57. The molecule has 0 saturated carbocycles. The average Bonchev–Trinajstić information content (AvgIpc) is 3.42. The van der Waals surface area contributed by atoms with Crippen LogP contribution in [-0.4, -0.2) is 68.6 Å². The molecule has 5 heterocycles. The fraction of sp³-hybridized carbons (Fsp3) is 0.542. The molecule has 2 bridgehead atoms. The van der Waals surface area contributed by atoms with Crippen LogP contribution in [0.3, 0.4) is 0 Å². The summed E-state index contributed by atoms with van der Waals surface area (Å²) < 4.78 is 40.3. The Labute approximate surface area is 215 Å². The van der Waals surface area contributed by atoms with Gasteiger partial charge in [-0.3, -0.25) is 9.88 Å². The third kappa shape index (κ3) is 4.50. The van der Waals surface area contributed by atoms with Crippen LogP contribution in [0.25, 0.3) is 20.7 Å². The van der Waals surface area contributed by atoms with Gasteiger partial charge in [0, 0.05) is 24.8 Å². The number of nitrogens with zero attached hydrogens (tertiary/aromatic N) is 4. The maximum absolute atomic E-state index is 14.6. The first-order valence-electron chi connectivity index (χ1n) is 11.6. The second-order valence-corrected chi connectivity index (χ2v) is 12.5. The lowest BCUT2D eigenvalue weighted by Gasteiger charge is -2.55. The summed E-state index contributed by atoms with van der Waals surface area (Å²) in [4.78, 5) is 26.3. The molecule has 0 radical (unpaired) electrons. The summed E-state index contributed by atoms with van der Waals surface area (Å²) in [6, 6.07) is 3.17. The molecule has 194 valence electrons. The number of hydrogen-bond donors (Lipinski definition) is 1. The second kappa shape index (κ2) is 8.49. The maximum atomic E-state index is 14.6. The highest BCUT2D eigenvalue weighted by Gasteiger charge is 2.50. The van der Waals surface area contributed by atoms with Gasteiger partial charge >= 0.3 is 12.2 Å². The molecule has 2 unspecified atom stereocenters. The van der Waals surface area contributed by atoms with Crippen LogP contribution < -0.4 is 9.64 Å². The van der Waals surface area contributed by atoms with Gasteiger partial charge in [0.15, 0.2) is 10.7 Å². The Morgan fingerprint density at radius 3 is 2.44 bits per heavy atom. The number of fused-ring (bicyclic) bond motifs is 3. The van der Waals surface area contributed by atoms with Gasteiger partial charge < -0.3 is 19.5 Å². The van der Waals surface area contributed by atoms with Crippen molar-refractivity contribution in [1.29, 1.82) is 0 Å². The van der Waals surface area contributed by atoms with Gasteiger partial charge in [-0.05, 0) is 53.2 Å². The molecule has 3 fully saturated rings. The first kappa shape index (κ1) is 25.1. The van der Waals surface area contributed by atoms with Crippen molar-refractivity contribution in [3.8, 4) is 16.2 Å². The Bertz CT molecular complexity index is 1270. The van der Waals surface area contributed by atoms with Gasteiger partial charge in [-0.25, -0.2) is 9.78 Å². The van der Waals surface area contributed by atoms with Crippen LogP contribution in [0, 0.1) is 0 Å². The molecule has 1 amide bonds. The maximum Gasteiger partial charge on any atom is 0.426 e. The highest BCUT2D eigenvalue weighted by molar-refractivity contribution is 7.22. The van der Waals surface area contributed by atoms with E-state index in [9.17, 15) is 18.7 Å². The summed E-state index contributed by atoms with van der Waals surface area (Å²) in [6.07, 6.45) is -1.53. The molecule has 3 aliphatic heterocycles. The zero-order valence-corrected chi connectivity index (χ0v) is 22.3. The van der Waals surface area contributed by atoms with Gasteiger partial charge in [0.25, 0.3) is 0 Å². The number of hydrogen-bond acceptors (Lipinski definition) is 9. The third-order valence-corrected chi connectivity index (χ3v) is 8.15. The van der Waals surface area contributed by atoms with Gasteiger partial charge in [0.2, 0.25) is 0 Å². The highest BCUT2D eigenvalue weighted by Crippen LogP contribution is 2.45. The molecule has 0 spiro atoms. The van der Waals surface area contributed by atoms with E-state index >= 15 is 0 Å². The third-order valence-electron chi connectivity index (χ3n) is 6.21. The molecule has 3 saturated heterocycles. The molecule has 6 rings (SSSR count). The van der Waals surface area contributed by atoms with Crippen LogP contribution in [0.2, 0.25) is 0 Å². The van der Waals surface area contributed by atoms with E-state index in [1.807, 2.05) is 20.8 Å². The number of amides is 1. The first-order valence-corrected chi connectivity index (χ1v) is 13.3. The molecule has 12 heteroatoms. The van der Waals surface area contributed by atoms with E-state index in [-0.39, 0.29) is 23.9 Å². The van der Waals surface area contributed by atoms with Crippen LogP contribution in [0.5, 0.6) is 5.75 Å². The molecule has 2 atom stereocenters. The number of piperazine rings is 1. The van der Waals surface area contributed by atoms with E-state index in [0.29, 0.717) is 28.4 Å². The summed E-state index contributed by atoms with van der Waals surface area (Å²) in [5.74, 6) is -0.0494. The van der Waals surface area contributed by atoms with Crippen molar-refractivity contribution in [2.75, 3.05) is 18.0 Å². The number of carbonyl (C=O) groups excluding carboxylic acids is 1. The van der Waals surface area contributed by atoms with Gasteiger partial charge in [0.1, 0.15) is 11.4 Å². The Balaban J connectivity index is 1.46. The lowest BCUT2D eigenvalue weighted by atomic mass is 9.88. The van der Waals surface area contributed by atoms with Gasteiger partial charge in [0.05, 0.1) is 32.7 Å². The second-order valence-electron chi connectivity index (χ2n) is 10.7. The molecule has 0 aliphatic carbocycles. The topological polar surface area (TPSA) is 88.0 Å². The molecule has 1 aromatic carbocycles. The molecule has 36 heavy (non-hydrogen) atoms. The zero-order valence-electron chi connectivity index (χ0n) is 20.6. The number of piperidine rings is 1. The smallest absolute Gasteiger partial charge is 0.426 e. The fourth-order valence-corrected chi connectivity index (χ4v) is 6.09. The van der Waals surface area contributed by atoms with Crippen molar-refractivity contribution in [2.45, 2.75) is 70.4 Å². The molecule has 1 N–H and O–H groups in total. The fourth-order valence-electron chi connectivity index (χ4n) is 4.38. The van der Waals surface area contributed by atoms with Crippen LogP contribution >= 0.6 is 22.7 Å². The van der Waals surface area contributed by atoms with Crippen LogP contribution in [-0.2, 0) is 4.74 Å². The van der Waals surface area contributed by atoms with E-state index in [1.54, 1.807) is 22.7 Å². The number of anilines is 1. The summed E-state index contributed by atoms with van der Waals surface area (Å²) in [5, 5.41) is 10.6. The predicted molar refractivity (Wildman–Crippen MR) is 135 cm³/mol. The average molecular weight is 539 g/mol. The van der Waals surface area contributed by atoms with Crippen molar-refractivity contribution < 1.29 is 28.2 Å². The highest BCUT2D eigenvalue weighted by atomic mass is 32.1. The predicted octanol–water partition coefficient (Wildman–Crippen LogP) is 5.36. The molecule has 8 nitrogen and oxygen atoms in total. The molecular formula is C24H28F2N4O4S2. The summed E-state index contributed by atoms with van der Waals surface area (Å²) in [6.45, 7) is 8.68. The Morgan fingerprint density at radius 2 is 1.86 bits per heavy atom. The SMILES string of the molecule is CC(C)(C)OC(=O)N1C2CC1CN(c1nc3c(-c4cncs4)ccc(OC(F)(F)C(C)(C)O)c3s1)C2. The van der Waals surface area contributed by atoms with Crippen molar-refractivity contribution in [2.24, 2.45) is 0 Å². The Morgan fingerprint density at radius 1 is 1.17 bits per heavy atom. The number of carbonyl (C=O) groups is 1. The van der Waals surface area contributed by atoms with Crippen molar-refractivity contribution in [3.63, 3.8) is 0 Å². The van der Waals surface area contributed by atoms with Crippen molar-refractivity contribution >= 4 is 44.1 Å². The minimum atomic E-state index is -3.81. The molecular weight excluding hydrogens is 510 g/mol. The van der Waals surface area contributed by atoms with Crippen LogP contribution in [0.15, 0.2) is 23.8 Å². The standard InChI is InChI=1S/C24H28F2N4O4S2/c1-22(2,3)34-21(31)30-13-8-14(30)11-29(10-13)20-28-18-15(17-9-27-12-35-17)6-7-16(19(18)36-20)33-24(25,26)23(4,5)32/h6-7,9,12-14,32H,8,10-11H2,1-5H3. The monoisotopic (exact) mass is 538 g/mol. The van der Waals surface area contributed by atoms with Crippen LogP contribution in [0.1, 0.15) is 41.0 Å². The van der Waals surface area contributed by atoms with E-state index in [2.05, 4.69) is 9.88 Å². The van der Waals surface area contributed by atoms with Gasteiger partial charge in [-0.2, -0.15) is 8.78 Å². The number of aromatic nitrogens is 2. The minimum absolute atomic E-state index is 0.00169. The first-order chi connectivity index (χ1) is 16.7. The number of benzene rings is 1. The number of aliphatic hydroxyl groups is 1. The summed E-state index contributed by atoms with van der Waals surface area (Å²) in [7, 11) is 0. The Kier molecular flexibility index (Phi) is 5.92. The summed E-state index contributed by atoms with van der Waals surface area (Å²) in [5.41, 5.74) is 0.0631. The number of thiazole rings is 2. The lowest BCUT2D eigenvalue weighted by molar-refractivity contribution is -0.275. The largest absolute Gasteiger partial charge is 0.444 e. The van der Waals surface area contributed by atoms with E-state index < -0.39 is 17.3 Å². The van der Waals surface area contributed by atoms with Gasteiger partial charge in [-0.1, -0.05) is 11.3 Å². The lowest BCUT2D eigenvalue weighted by Crippen LogP contribution is -2.70. The number of halogens is 2. The van der Waals surface area contributed by atoms with Crippen LogP contribution in [0.4, 0.5) is 18.7 Å². The van der Waals surface area contributed by atoms with E-state index in [4.69, 9.17) is 14.5 Å². The number of alkyl halides is 2. The van der Waals surface area contributed by atoms with E-state index in [1.165, 1.54) is 28.7 Å². The summed E-state index contributed by atoms with van der Waals surface area (Å²) >= 11 is 2.69. The normalized spacial score (nSPS) is 20.4. The van der Waals surface area contributed by atoms with Crippen molar-refractivity contribution in [3.05, 3.63) is 23.8 Å². The van der Waals surface area contributed by atoms with E-state index in [0.717, 1.165) is 30.7 Å². The molecule has 3 aromatic rings. The quantitative estimate of drug-likeness (QED) is 0.468. The van der Waals surface area contributed by atoms with Crippen molar-refractivity contribution in [1.82, 2.24) is 14.9 Å². The molecule has 2 aromatic heterocycles. The van der Waals surface area contributed by atoms with Gasteiger partial charge in [-0.15, -0.1) is 11.3 Å². The number of ether oxygens (including phenoxy) is 2. The zero-order chi connectivity index (χ0) is 26.0. The minimum Gasteiger partial charge on any atom is -0.444 e. The number of rotatable bonds is 5.